The van der Waals surface area contributed by atoms with Crippen LogP contribution in [-0.2, 0) is 22.6 Å². The predicted molar refractivity (Wildman–Crippen MR) is 121 cm³/mol. The van der Waals surface area contributed by atoms with Crippen molar-refractivity contribution in [2.24, 2.45) is 0 Å². The normalized spacial score (nSPS) is 11.1. The summed E-state index contributed by atoms with van der Waals surface area (Å²) >= 11 is 0. The third-order valence-electron chi connectivity index (χ3n) is 5.36. The number of fused-ring (bicyclic) bond motifs is 3. The molecule has 0 saturated heterocycles. The molecule has 0 fully saturated rings. The highest BCUT2D eigenvalue weighted by Crippen LogP contribution is 2.23. The summed E-state index contributed by atoms with van der Waals surface area (Å²) in [5.74, 6) is -0.156. The molecule has 7 heteroatoms. The van der Waals surface area contributed by atoms with Crippen LogP contribution in [0.15, 0.2) is 48.5 Å². The summed E-state index contributed by atoms with van der Waals surface area (Å²) < 4.78 is 1.87. The van der Waals surface area contributed by atoms with E-state index >= 15 is 0 Å². The maximum atomic E-state index is 12.5. The summed E-state index contributed by atoms with van der Waals surface area (Å²) in [5.41, 5.74) is 6.38. The summed E-state index contributed by atoms with van der Waals surface area (Å²) in [7, 11) is 0. The number of rotatable bonds is 6. The Morgan fingerprint density at radius 3 is 2.68 bits per heavy atom. The molecule has 0 unspecified atom stereocenters. The molecule has 2 aromatic heterocycles. The number of carbonyl (C=O) groups excluding carboxylic acids is 2. The van der Waals surface area contributed by atoms with Crippen molar-refractivity contribution in [3.63, 3.8) is 0 Å². The van der Waals surface area contributed by atoms with E-state index in [2.05, 4.69) is 15.7 Å². The van der Waals surface area contributed by atoms with Crippen LogP contribution in [0.2, 0.25) is 0 Å². The Morgan fingerprint density at radius 2 is 1.87 bits per heavy atom. The number of benzene rings is 2. The lowest BCUT2D eigenvalue weighted by molar-refractivity contribution is -0.121. The van der Waals surface area contributed by atoms with Crippen LogP contribution >= 0.6 is 0 Å². The highest BCUT2D eigenvalue weighted by Gasteiger charge is 2.15. The fourth-order valence-corrected chi connectivity index (χ4v) is 3.83. The van der Waals surface area contributed by atoms with E-state index in [4.69, 9.17) is 4.98 Å². The predicted octanol–water partition coefficient (Wildman–Crippen LogP) is 3.71. The molecule has 7 nitrogen and oxygen atoms in total. The number of nitrogens with one attached hydrogen (secondary N) is 2. The maximum absolute atomic E-state index is 12.5. The number of amides is 2. The Kier molecular flexibility index (Phi) is 5.66. The molecule has 2 aromatic carbocycles. The van der Waals surface area contributed by atoms with Gasteiger partial charge in [-0.3, -0.25) is 9.59 Å². The van der Waals surface area contributed by atoms with Crippen molar-refractivity contribution in [2.75, 3.05) is 5.32 Å². The Morgan fingerprint density at radius 1 is 1.06 bits per heavy atom. The highest BCUT2D eigenvalue weighted by atomic mass is 16.2. The molecule has 0 atom stereocenters. The van der Waals surface area contributed by atoms with Crippen LogP contribution in [0.25, 0.3) is 16.6 Å². The molecule has 158 valence electrons. The van der Waals surface area contributed by atoms with E-state index in [1.807, 2.05) is 66.9 Å². The van der Waals surface area contributed by atoms with Gasteiger partial charge < -0.3 is 10.6 Å². The molecule has 2 heterocycles. The summed E-state index contributed by atoms with van der Waals surface area (Å²) in [6.07, 6.45) is 0.954. The molecule has 2 N–H and O–H groups in total. The molecular formula is C24H25N5O2. The minimum absolute atomic E-state index is 0.0329. The average molecular weight is 415 g/mol. The minimum atomic E-state index is -0.123. The quantitative estimate of drug-likeness (QED) is 0.503. The summed E-state index contributed by atoms with van der Waals surface area (Å²) in [5, 5.41) is 11.4. The van der Waals surface area contributed by atoms with Gasteiger partial charge in [-0.05, 0) is 55.7 Å². The maximum Gasteiger partial charge on any atom is 0.221 e. The van der Waals surface area contributed by atoms with E-state index in [1.54, 1.807) is 0 Å². The van der Waals surface area contributed by atoms with Crippen molar-refractivity contribution in [3.8, 4) is 0 Å². The number of carbonyl (C=O) groups is 2. The van der Waals surface area contributed by atoms with Gasteiger partial charge in [0.15, 0.2) is 5.65 Å². The van der Waals surface area contributed by atoms with Crippen LogP contribution in [0.5, 0.6) is 0 Å². The van der Waals surface area contributed by atoms with Gasteiger partial charge in [-0.1, -0.05) is 24.3 Å². The third-order valence-corrected chi connectivity index (χ3v) is 5.36. The number of aromatic nitrogens is 3. The van der Waals surface area contributed by atoms with E-state index < -0.39 is 0 Å². The number of anilines is 1. The molecule has 31 heavy (non-hydrogen) atoms. The lowest BCUT2D eigenvalue weighted by Gasteiger charge is -2.11. The van der Waals surface area contributed by atoms with Crippen molar-refractivity contribution < 1.29 is 9.59 Å². The summed E-state index contributed by atoms with van der Waals surface area (Å²) in [6, 6.07) is 15.4. The topological polar surface area (TPSA) is 88.4 Å². The Hall–Kier alpha value is -3.74. The number of hydrogen-bond acceptors (Lipinski definition) is 4. The second-order valence-electron chi connectivity index (χ2n) is 7.67. The van der Waals surface area contributed by atoms with Crippen LogP contribution in [0.3, 0.4) is 0 Å². The number of hydrogen-bond donors (Lipinski definition) is 2. The van der Waals surface area contributed by atoms with Crippen molar-refractivity contribution in [2.45, 2.75) is 40.2 Å². The van der Waals surface area contributed by atoms with E-state index in [-0.39, 0.29) is 11.8 Å². The Labute approximate surface area is 180 Å². The molecule has 2 amide bonds. The first-order valence-electron chi connectivity index (χ1n) is 10.3. The van der Waals surface area contributed by atoms with Crippen molar-refractivity contribution >= 4 is 34.1 Å². The first-order valence-corrected chi connectivity index (χ1v) is 10.3. The van der Waals surface area contributed by atoms with Crippen LogP contribution in [0.4, 0.5) is 5.69 Å². The highest BCUT2D eigenvalue weighted by molar-refractivity contribution is 5.92. The van der Waals surface area contributed by atoms with Gasteiger partial charge >= 0.3 is 0 Å². The van der Waals surface area contributed by atoms with Gasteiger partial charge in [0.05, 0.1) is 5.52 Å². The van der Waals surface area contributed by atoms with Crippen molar-refractivity contribution in [1.82, 2.24) is 19.9 Å². The van der Waals surface area contributed by atoms with Crippen LogP contribution in [0.1, 0.15) is 35.9 Å². The van der Waals surface area contributed by atoms with Gasteiger partial charge in [0.1, 0.15) is 0 Å². The molecule has 0 aliphatic rings. The average Bonchev–Trinajstić information content (AvgIpc) is 3.11. The molecule has 4 rings (SSSR count). The molecule has 0 radical (unpaired) electrons. The zero-order chi connectivity index (χ0) is 22.0. The smallest absolute Gasteiger partial charge is 0.221 e. The molecule has 0 saturated carbocycles. The minimum Gasteiger partial charge on any atom is -0.352 e. The molecule has 0 spiro atoms. The monoisotopic (exact) mass is 415 g/mol. The zero-order valence-corrected chi connectivity index (χ0v) is 17.9. The van der Waals surface area contributed by atoms with Crippen LogP contribution in [0, 0.1) is 13.8 Å². The van der Waals surface area contributed by atoms with E-state index in [0.717, 1.165) is 44.8 Å². The lowest BCUT2D eigenvalue weighted by atomic mass is 10.1. The molecular weight excluding hydrogens is 390 g/mol. The summed E-state index contributed by atoms with van der Waals surface area (Å²) in [6.45, 7) is 5.88. The first-order chi connectivity index (χ1) is 14.9. The fourth-order valence-electron chi connectivity index (χ4n) is 3.83. The van der Waals surface area contributed by atoms with Gasteiger partial charge in [0.25, 0.3) is 0 Å². The Balaban J connectivity index is 1.43. The second kappa shape index (κ2) is 8.55. The molecule has 4 aromatic rings. The molecule has 0 aliphatic carbocycles. The van der Waals surface area contributed by atoms with Gasteiger partial charge in [-0.15, -0.1) is 0 Å². The van der Waals surface area contributed by atoms with Gasteiger partial charge in [0.2, 0.25) is 11.8 Å². The van der Waals surface area contributed by atoms with Crippen molar-refractivity contribution in [1.29, 1.82) is 0 Å². The Bertz CT molecular complexity index is 1290. The number of nitrogens with zero attached hydrogens (tertiary/aromatic N) is 3. The van der Waals surface area contributed by atoms with Crippen LogP contribution < -0.4 is 10.6 Å². The fraction of sp³-hybridized carbons (Fsp3) is 0.250. The third kappa shape index (κ3) is 4.40. The van der Waals surface area contributed by atoms with E-state index in [0.29, 0.717) is 19.4 Å². The largest absolute Gasteiger partial charge is 0.352 e. The standard InChI is InChI=1S/C24H25N5O2/c1-15-20(16(2)29-24(26-15)21-9-4-5-10-22(21)28-29)11-12-23(31)25-14-18-7-6-8-19(13-18)27-17(3)30/h4-10,13H,11-12,14H2,1-3H3,(H,25,31)(H,27,30). The lowest BCUT2D eigenvalue weighted by Crippen LogP contribution is -2.23. The van der Waals surface area contributed by atoms with E-state index in [9.17, 15) is 9.59 Å². The first kappa shape index (κ1) is 20.5. The van der Waals surface area contributed by atoms with Crippen molar-refractivity contribution in [3.05, 3.63) is 71.0 Å². The van der Waals surface area contributed by atoms with E-state index in [1.165, 1.54) is 6.92 Å². The van der Waals surface area contributed by atoms with Gasteiger partial charge in [0, 0.05) is 42.4 Å². The number of aryl methyl sites for hydroxylation is 2. The zero-order valence-electron chi connectivity index (χ0n) is 17.9. The summed E-state index contributed by atoms with van der Waals surface area (Å²) in [4.78, 5) is 28.4. The van der Waals surface area contributed by atoms with Gasteiger partial charge in [-0.25, -0.2) is 9.50 Å². The van der Waals surface area contributed by atoms with Gasteiger partial charge in [-0.2, -0.15) is 5.10 Å². The second-order valence-corrected chi connectivity index (χ2v) is 7.67. The molecule has 0 aliphatic heterocycles. The van der Waals surface area contributed by atoms with Crippen LogP contribution in [-0.4, -0.2) is 26.4 Å². The molecule has 0 bridgehead atoms. The SMILES string of the molecule is CC(=O)Nc1cccc(CNC(=O)CCc2c(C)nc3c4ccccc4nn3c2C)c1.